The molecule has 0 atom stereocenters. The largest absolute Gasteiger partial charge is 0.326 e. The number of piperidine rings is 1. The van der Waals surface area contributed by atoms with Crippen LogP contribution in [0.15, 0.2) is 28.7 Å². The summed E-state index contributed by atoms with van der Waals surface area (Å²) in [6.45, 7) is 1.16. The van der Waals surface area contributed by atoms with Gasteiger partial charge in [-0.1, -0.05) is 28.4 Å². The number of nitrogens with zero attached hydrogens (tertiary/aromatic N) is 1. The maximum absolute atomic E-state index is 12.1. The fourth-order valence-corrected chi connectivity index (χ4v) is 4.20. The first-order valence-electron chi connectivity index (χ1n) is 7.01. The Morgan fingerprint density at radius 1 is 1.24 bits per heavy atom. The topological polar surface area (TPSA) is 66.5 Å². The second-order valence-electron chi connectivity index (χ2n) is 5.08. The van der Waals surface area contributed by atoms with E-state index in [1.807, 2.05) is 12.1 Å². The molecule has 0 saturated carbocycles. The lowest BCUT2D eigenvalue weighted by Crippen LogP contribution is -2.37. The minimum absolute atomic E-state index is 0.0225. The molecule has 0 aromatic heterocycles. The molecule has 0 radical (unpaired) electrons. The van der Waals surface area contributed by atoms with Crippen molar-refractivity contribution in [1.29, 1.82) is 0 Å². The average Bonchev–Trinajstić information content (AvgIpc) is 2.46. The molecule has 0 aliphatic carbocycles. The highest BCUT2D eigenvalue weighted by molar-refractivity contribution is 9.10. The fraction of sp³-hybridized carbons (Fsp3) is 0.500. The van der Waals surface area contributed by atoms with E-state index in [1.54, 1.807) is 12.1 Å². The second kappa shape index (κ2) is 7.38. The zero-order valence-corrected chi connectivity index (χ0v) is 14.1. The van der Waals surface area contributed by atoms with Gasteiger partial charge in [-0.3, -0.25) is 4.79 Å². The van der Waals surface area contributed by atoms with Crippen molar-refractivity contribution in [3.05, 3.63) is 28.7 Å². The van der Waals surface area contributed by atoms with Gasteiger partial charge in [-0.05, 0) is 31.0 Å². The smallest absolute Gasteiger partial charge is 0.225 e. The molecule has 7 heteroatoms. The average molecular weight is 375 g/mol. The van der Waals surface area contributed by atoms with Gasteiger partial charge in [0.2, 0.25) is 15.9 Å². The molecule has 0 spiro atoms. The summed E-state index contributed by atoms with van der Waals surface area (Å²) in [4.78, 5) is 11.8. The molecular weight excluding hydrogens is 356 g/mol. The SMILES string of the molecule is O=C(CCS(=O)(=O)N1CCCCC1)Nc1cccc(Br)c1. The molecule has 1 amide bonds. The van der Waals surface area contributed by atoms with Crippen molar-refractivity contribution < 1.29 is 13.2 Å². The van der Waals surface area contributed by atoms with Crippen LogP contribution in [0.1, 0.15) is 25.7 Å². The van der Waals surface area contributed by atoms with Gasteiger partial charge >= 0.3 is 0 Å². The van der Waals surface area contributed by atoms with E-state index in [1.165, 1.54) is 4.31 Å². The van der Waals surface area contributed by atoms with E-state index in [0.717, 1.165) is 23.7 Å². The van der Waals surface area contributed by atoms with Crippen molar-refractivity contribution in [1.82, 2.24) is 4.31 Å². The number of carbonyl (C=O) groups is 1. The minimum atomic E-state index is -3.32. The second-order valence-corrected chi connectivity index (χ2v) is 8.09. The van der Waals surface area contributed by atoms with E-state index in [2.05, 4.69) is 21.2 Å². The Balaban J connectivity index is 1.85. The van der Waals surface area contributed by atoms with Crippen LogP contribution in [0.25, 0.3) is 0 Å². The molecule has 116 valence electrons. The molecule has 1 fully saturated rings. The Kier molecular flexibility index (Phi) is 5.78. The predicted molar refractivity (Wildman–Crippen MR) is 86.6 cm³/mol. The molecular formula is C14H19BrN2O3S. The summed E-state index contributed by atoms with van der Waals surface area (Å²) in [5.74, 6) is -0.416. The number of benzene rings is 1. The van der Waals surface area contributed by atoms with Crippen LogP contribution in [0.2, 0.25) is 0 Å². The van der Waals surface area contributed by atoms with Crippen LogP contribution >= 0.6 is 15.9 Å². The van der Waals surface area contributed by atoms with Crippen molar-refractivity contribution in [2.45, 2.75) is 25.7 Å². The number of anilines is 1. The molecule has 2 rings (SSSR count). The third-order valence-corrected chi connectivity index (χ3v) is 5.77. The quantitative estimate of drug-likeness (QED) is 0.860. The number of sulfonamides is 1. The minimum Gasteiger partial charge on any atom is -0.326 e. The Bertz CT molecular complexity index is 598. The monoisotopic (exact) mass is 374 g/mol. The van der Waals surface area contributed by atoms with Crippen molar-refractivity contribution in [3.63, 3.8) is 0 Å². The number of amides is 1. The Morgan fingerprint density at radius 2 is 1.95 bits per heavy atom. The Hall–Kier alpha value is -0.920. The van der Waals surface area contributed by atoms with Gasteiger partial charge in [0.05, 0.1) is 5.75 Å². The lowest BCUT2D eigenvalue weighted by atomic mass is 10.2. The summed E-state index contributed by atoms with van der Waals surface area (Å²) in [6, 6.07) is 7.21. The molecule has 0 unspecified atom stereocenters. The van der Waals surface area contributed by atoms with Crippen molar-refractivity contribution in [3.8, 4) is 0 Å². The molecule has 1 aliphatic heterocycles. The van der Waals surface area contributed by atoms with Gasteiger partial charge in [-0.25, -0.2) is 12.7 Å². The number of hydrogen-bond acceptors (Lipinski definition) is 3. The Labute approximate surface area is 133 Å². The Morgan fingerprint density at radius 3 is 2.62 bits per heavy atom. The summed E-state index contributed by atoms with van der Waals surface area (Å²) >= 11 is 3.32. The van der Waals surface area contributed by atoms with Crippen LogP contribution in [0, 0.1) is 0 Å². The van der Waals surface area contributed by atoms with Gasteiger partial charge < -0.3 is 5.32 Å². The zero-order chi connectivity index (χ0) is 15.3. The summed E-state index contributed by atoms with van der Waals surface area (Å²) in [6.07, 6.45) is 2.87. The fourth-order valence-electron chi connectivity index (χ4n) is 2.28. The predicted octanol–water partition coefficient (Wildman–Crippen LogP) is 2.59. The third kappa shape index (κ3) is 5.09. The van der Waals surface area contributed by atoms with Crippen LogP contribution in [0.4, 0.5) is 5.69 Å². The lowest BCUT2D eigenvalue weighted by Gasteiger charge is -2.25. The lowest BCUT2D eigenvalue weighted by molar-refractivity contribution is -0.115. The summed E-state index contributed by atoms with van der Waals surface area (Å²) in [5.41, 5.74) is 0.657. The molecule has 5 nitrogen and oxygen atoms in total. The van der Waals surface area contributed by atoms with Gasteiger partial charge in [0.25, 0.3) is 0 Å². The maximum Gasteiger partial charge on any atom is 0.225 e. The first kappa shape index (κ1) is 16.5. The first-order chi connectivity index (χ1) is 9.97. The molecule has 0 bridgehead atoms. The molecule has 1 N–H and O–H groups in total. The molecule has 1 saturated heterocycles. The van der Waals surface area contributed by atoms with E-state index in [-0.39, 0.29) is 18.1 Å². The summed E-state index contributed by atoms with van der Waals surface area (Å²) < 4.78 is 26.6. The highest BCUT2D eigenvalue weighted by Gasteiger charge is 2.24. The van der Waals surface area contributed by atoms with Gasteiger partial charge in [0.1, 0.15) is 0 Å². The van der Waals surface area contributed by atoms with Gasteiger partial charge in [0, 0.05) is 29.7 Å². The standard InChI is InChI=1S/C14H19BrN2O3S/c15-12-5-4-6-13(11-12)16-14(18)7-10-21(19,20)17-8-2-1-3-9-17/h4-6,11H,1-3,7-10H2,(H,16,18). The van der Waals surface area contributed by atoms with E-state index in [0.29, 0.717) is 18.8 Å². The highest BCUT2D eigenvalue weighted by Crippen LogP contribution is 2.17. The molecule has 1 aliphatic rings. The van der Waals surface area contributed by atoms with E-state index >= 15 is 0 Å². The molecule has 21 heavy (non-hydrogen) atoms. The van der Waals surface area contributed by atoms with Crippen molar-refractivity contribution >= 4 is 37.5 Å². The summed E-state index contributed by atoms with van der Waals surface area (Å²) in [7, 11) is -3.32. The van der Waals surface area contributed by atoms with E-state index < -0.39 is 10.0 Å². The van der Waals surface area contributed by atoms with Crippen LogP contribution < -0.4 is 5.32 Å². The zero-order valence-electron chi connectivity index (χ0n) is 11.7. The number of nitrogens with one attached hydrogen (secondary N) is 1. The molecule has 1 heterocycles. The van der Waals surface area contributed by atoms with Crippen LogP contribution in [0.5, 0.6) is 0 Å². The normalized spacial score (nSPS) is 16.6. The van der Waals surface area contributed by atoms with Crippen LogP contribution in [0.3, 0.4) is 0 Å². The highest BCUT2D eigenvalue weighted by atomic mass is 79.9. The van der Waals surface area contributed by atoms with Crippen LogP contribution in [-0.4, -0.2) is 37.5 Å². The van der Waals surface area contributed by atoms with Crippen molar-refractivity contribution in [2.24, 2.45) is 0 Å². The molecule has 1 aromatic carbocycles. The molecule has 1 aromatic rings. The van der Waals surface area contributed by atoms with Crippen LogP contribution in [-0.2, 0) is 14.8 Å². The third-order valence-electron chi connectivity index (χ3n) is 3.40. The number of halogens is 1. The van der Waals surface area contributed by atoms with Gasteiger partial charge in [-0.15, -0.1) is 0 Å². The number of carbonyl (C=O) groups excluding carboxylic acids is 1. The van der Waals surface area contributed by atoms with Gasteiger partial charge in [-0.2, -0.15) is 0 Å². The first-order valence-corrected chi connectivity index (χ1v) is 9.41. The number of hydrogen-bond donors (Lipinski definition) is 1. The summed E-state index contributed by atoms with van der Waals surface area (Å²) in [5, 5.41) is 2.71. The van der Waals surface area contributed by atoms with Crippen molar-refractivity contribution in [2.75, 3.05) is 24.2 Å². The maximum atomic E-state index is 12.1. The number of rotatable bonds is 5. The van der Waals surface area contributed by atoms with E-state index in [4.69, 9.17) is 0 Å². The van der Waals surface area contributed by atoms with E-state index in [9.17, 15) is 13.2 Å². The van der Waals surface area contributed by atoms with Gasteiger partial charge in [0.15, 0.2) is 0 Å².